The van der Waals surface area contributed by atoms with E-state index in [0.29, 0.717) is 12.5 Å². The Morgan fingerprint density at radius 2 is 2.16 bits per heavy atom. The second kappa shape index (κ2) is 5.61. The van der Waals surface area contributed by atoms with E-state index >= 15 is 0 Å². The number of hydrogen-bond donors (Lipinski definition) is 2. The summed E-state index contributed by atoms with van der Waals surface area (Å²) in [5, 5.41) is 8.87. The molecule has 0 aromatic heterocycles. The van der Waals surface area contributed by atoms with Gasteiger partial charge in [-0.1, -0.05) is 12.1 Å². The lowest BCUT2D eigenvalue weighted by molar-refractivity contribution is -0.137. The zero-order valence-corrected chi connectivity index (χ0v) is 11.5. The maximum Gasteiger partial charge on any atom is 0.305 e. The number of aryl methyl sites for hydroxylation is 1. The lowest BCUT2D eigenvalue weighted by atomic mass is 9.98. The van der Waals surface area contributed by atoms with Crippen molar-refractivity contribution in [3.63, 3.8) is 0 Å². The van der Waals surface area contributed by atoms with Crippen LogP contribution in [0.1, 0.15) is 42.0 Å². The lowest BCUT2D eigenvalue weighted by Gasteiger charge is -2.19. The molecule has 1 aromatic carbocycles. The number of nitrogens with two attached hydrogens (primary N) is 1. The highest BCUT2D eigenvalue weighted by Crippen LogP contribution is 2.35. The molecular formula is C15H21NO3. The fraction of sp³-hybridized carbons (Fsp3) is 0.533. The topological polar surface area (TPSA) is 72.6 Å². The van der Waals surface area contributed by atoms with Crippen molar-refractivity contribution in [2.45, 2.75) is 39.2 Å². The minimum absolute atomic E-state index is 0.0811. The van der Waals surface area contributed by atoms with Crippen LogP contribution >= 0.6 is 0 Å². The zero-order chi connectivity index (χ0) is 14.0. The van der Waals surface area contributed by atoms with E-state index in [2.05, 4.69) is 0 Å². The van der Waals surface area contributed by atoms with Gasteiger partial charge in [0.15, 0.2) is 0 Å². The Balaban J connectivity index is 2.23. The molecule has 1 aliphatic carbocycles. The summed E-state index contributed by atoms with van der Waals surface area (Å²) in [6.07, 6.45) is 2.37. The van der Waals surface area contributed by atoms with Crippen LogP contribution < -0.4 is 10.5 Å². The molecular weight excluding hydrogens is 242 g/mol. The van der Waals surface area contributed by atoms with Crippen molar-refractivity contribution in [3.8, 4) is 5.75 Å². The van der Waals surface area contributed by atoms with Gasteiger partial charge < -0.3 is 15.6 Å². The van der Waals surface area contributed by atoms with E-state index in [1.54, 1.807) is 0 Å². The highest BCUT2D eigenvalue weighted by atomic mass is 16.5. The average molecular weight is 263 g/mol. The number of carboxylic acids is 1. The van der Waals surface area contributed by atoms with Crippen LogP contribution in [0.4, 0.5) is 0 Å². The number of hydrogen-bond acceptors (Lipinski definition) is 3. The first-order chi connectivity index (χ1) is 8.99. The number of carboxylic acid groups (broad SMARTS) is 1. The first-order valence-corrected chi connectivity index (χ1v) is 6.69. The summed E-state index contributed by atoms with van der Waals surface area (Å²) >= 11 is 0. The molecule has 0 amide bonds. The van der Waals surface area contributed by atoms with Gasteiger partial charge in [-0.25, -0.2) is 0 Å². The largest absolute Gasteiger partial charge is 0.493 e. The van der Waals surface area contributed by atoms with Crippen molar-refractivity contribution < 1.29 is 14.6 Å². The van der Waals surface area contributed by atoms with Gasteiger partial charge in [-0.2, -0.15) is 0 Å². The Morgan fingerprint density at radius 3 is 2.74 bits per heavy atom. The summed E-state index contributed by atoms with van der Waals surface area (Å²) in [4.78, 5) is 10.8. The van der Waals surface area contributed by atoms with Gasteiger partial charge in [0.05, 0.1) is 13.0 Å². The van der Waals surface area contributed by atoms with Gasteiger partial charge in [0.2, 0.25) is 0 Å². The maximum atomic E-state index is 10.8. The molecule has 1 fully saturated rings. The summed E-state index contributed by atoms with van der Waals surface area (Å²) in [5.74, 6) is 0.544. The molecule has 0 radical (unpaired) electrons. The number of benzene rings is 1. The molecule has 19 heavy (non-hydrogen) atoms. The molecule has 1 aliphatic rings. The van der Waals surface area contributed by atoms with Crippen molar-refractivity contribution in [2.24, 2.45) is 11.7 Å². The Bertz CT molecular complexity index is 481. The molecule has 0 aliphatic heterocycles. The van der Waals surface area contributed by atoms with Crippen LogP contribution in [0.15, 0.2) is 12.1 Å². The van der Waals surface area contributed by atoms with Gasteiger partial charge in [0.25, 0.3) is 0 Å². The normalized spacial score (nSPS) is 16.2. The second-order valence-electron chi connectivity index (χ2n) is 5.38. The molecule has 3 N–H and O–H groups in total. The molecule has 0 heterocycles. The molecule has 0 spiro atoms. The summed E-state index contributed by atoms with van der Waals surface area (Å²) in [5.41, 5.74) is 8.97. The van der Waals surface area contributed by atoms with Crippen LogP contribution in [0.5, 0.6) is 5.75 Å². The number of aliphatic carboxylic acids is 1. The van der Waals surface area contributed by atoms with Crippen molar-refractivity contribution in [3.05, 3.63) is 28.8 Å². The first kappa shape index (κ1) is 13.9. The van der Waals surface area contributed by atoms with Crippen LogP contribution in [0.25, 0.3) is 0 Å². The number of carbonyl (C=O) groups is 1. The third kappa shape index (κ3) is 3.47. The molecule has 1 unspecified atom stereocenters. The van der Waals surface area contributed by atoms with Gasteiger partial charge in [-0.3, -0.25) is 4.79 Å². The van der Waals surface area contributed by atoms with E-state index in [4.69, 9.17) is 15.6 Å². The van der Waals surface area contributed by atoms with Gasteiger partial charge in [0, 0.05) is 11.6 Å². The Morgan fingerprint density at radius 1 is 1.47 bits per heavy atom. The Hall–Kier alpha value is -1.55. The molecule has 104 valence electrons. The number of ether oxygens (including phenoxy) is 1. The average Bonchev–Trinajstić information content (AvgIpc) is 3.13. The zero-order valence-electron chi connectivity index (χ0n) is 11.5. The highest BCUT2D eigenvalue weighted by molar-refractivity contribution is 5.68. The van der Waals surface area contributed by atoms with Crippen molar-refractivity contribution in [1.82, 2.24) is 0 Å². The van der Waals surface area contributed by atoms with Crippen LogP contribution in [-0.2, 0) is 4.79 Å². The van der Waals surface area contributed by atoms with Crippen LogP contribution in [-0.4, -0.2) is 17.7 Å². The summed E-state index contributed by atoms with van der Waals surface area (Å²) in [6.45, 7) is 4.72. The summed E-state index contributed by atoms with van der Waals surface area (Å²) in [6, 6.07) is 3.33. The van der Waals surface area contributed by atoms with Gasteiger partial charge >= 0.3 is 5.97 Å². The summed E-state index contributed by atoms with van der Waals surface area (Å²) in [7, 11) is 0. The Labute approximate surface area is 113 Å². The molecule has 4 heteroatoms. The van der Waals surface area contributed by atoms with E-state index in [1.807, 2.05) is 26.0 Å². The smallest absolute Gasteiger partial charge is 0.305 e. The van der Waals surface area contributed by atoms with Crippen molar-refractivity contribution >= 4 is 5.97 Å². The first-order valence-electron chi connectivity index (χ1n) is 6.69. The maximum absolute atomic E-state index is 10.8. The van der Waals surface area contributed by atoms with E-state index in [1.165, 1.54) is 12.8 Å². The van der Waals surface area contributed by atoms with Gasteiger partial charge in [0.1, 0.15) is 5.75 Å². The van der Waals surface area contributed by atoms with E-state index in [9.17, 15) is 4.79 Å². The molecule has 1 aromatic rings. The monoisotopic (exact) mass is 263 g/mol. The van der Waals surface area contributed by atoms with Crippen molar-refractivity contribution in [1.29, 1.82) is 0 Å². The second-order valence-corrected chi connectivity index (χ2v) is 5.38. The lowest BCUT2D eigenvalue weighted by Crippen LogP contribution is -2.17. The third-order valence-corrected chi connectivity index (χ3v) is 3.66. The molecule has 2 rings (SSSR count). The van der Waals surface area contributed by atoms with Gasteiger partial charge in [-0.05, 0) is 43.7 Å². The molecule has 1 atom stereocenters. The molecule has 1 saturated carbocycles. The quantitative estimate of drug-likeness (QED) is 0.827. The van der Waals surface area contributed by atoms with Crippen molar-refractivity contribution in [2.75, 3.05) is 6.61 Å². The minimum atomic E-state index is -0.890. The van der Waals surface area contributed by atoms with E-state index in [-0.39, 0.29) is 6.42 Å². The third-order valence-electron chi connectivity index (χ3n) is 3.66. The minimum Gasteiger partial charge on any atom is -0.493 e. The SMILES string of the molecule is Cc1ccc(C(N)CC(=O)O)c(OCC2CC2)c1C. The van der Waals surface area contributed by atoms with Gasteiger partial charge in [-0.15, -0.1) is 0 Å². The summed E-state index contributed by atoms with van der Waals surface area (Å²) < 4.78 is 5.90. The number of rotatable bonds is 6. The highest BCUT2D eigenvalue weighted by Gasteiger charge is 2.24. The van der Waals surface area contributed by atoms with Crippen LogP contribution in [0.3, 0.4) is 0 Å². The van der Waals surface area contributed by atoms with E-state index in [0.717, 1.165) is 22.4 Å². The molecule has 0 saturated heterocycles. The standard InChI is InChI=1S/C15H21NO3/c1-9-3-6-12(13(16)7-14(17)18)15(10(9)2)19-8-11-4-5-11/h3,6,11,13H,4-5,7-8,16H2,1-2H3,(H,17,18). The fourth-order valence-electron chi connectivity index (χ4n) is 2.08. The fourth-order valence-corrected chi connectivity index (χ4v) is 2.08. The Kier molecular flexibility index (Phi) is 4.10. The van der Waals surface area contributed by atoms with Crippen LogP contribution in [0.2, 0.25) is 0 Å². The van der Waals surface area contributed by atoms with Crippen LogP contribution in [0, 0.1) is 19.8 Å². The predicted octanol–water partition coefficient (Wildman–Crippen LogP) is 2.57. The molecule has 0 bridgehead atoms. The van der Waals surface area contributed by atoms with E-state index < -0.39 is 12.0 Å². The molecule has 4 nitrogen and oxygen atoms in total. The predicted molar refractivity (Wildman–Crippen MR) is 73.3 cm³/mol.